The topological polar surface area (TPSA) is 45.2 Å². The number of aromatic nitrogens is 1. The van der Waals surface area contributed by atoms with Crippen LogP contribution in [0.2, 0.25) is 0 Å². The molecule has 1 aromatic heterocycles. The molecule has 4 heteroatoms. The van der Waals surface area contributed by atoms with Crippen LogP contribution in [0.5, 0.6) is 0 Å². The summed E-state index contributed by atoms with van der Waals surface area (Å²) < 4.78 is 5.70. The molecule has 0 saturated carbocycles. The van der Waals surface area contributed by atoms with Crippen LogP contribution in [0.4, 0.5) is 0 Å². The van der Waals surface area contributed by atoms with Crippen molar-refractivity contribution >= 4 is 19.0 Å². The Bertz CT molecular complexity index is 627. The van der Waals surface area contributed by atoms with Crippen LogP contribution in [0.1, 0.15) is 41.5 Å². The van der Waals surface area contributed by atoms with E-state index in [1.54, 1.807) is 26.1 Å². The van der Waals surface area contributed by atoms with Crippen molar-refractivity contribution in [2.45, 2.75) is 52.7 Å². The summed E-state index contributed by atoms with van der Waals surface area (Å²) >= 11 is 0. The SMILES string of the molecule is C#C/C([B]OC(C)(C)C(C)(C)O)=c1/cc[nH]/c1=C/C=C.CC. The van der Waals surface area contributed by atoms with Crippen LogP contribution in [0, 0.1) is 12.3 Å². The van der Waals surface area contributed by atoms with Crippen molar-refractivity contribution in [1.29, 1.82) is 0 Å². The van der Waals surface area contributed by atoms with Gasteiger partial charge in [-0.15, -0.1) is 6.42 Å². The zero-order chi connectivity index (χ0) is 17.4. The Morgan fingerprint density at radius 3 is 2.45 bits per heavy atom. The second-order valence-electron chi connectivity index (χ2n) is 5.57. The number of H-pyrrole nitrogens is 1. The van der Waals surface area contributed by atoms with E-state index in [1.165, 1.54) is 7.48 Å². The Balaban J connectivity index is 0.00000211. The minimum absolute atomic E-state index is 0.608. The zero-order valence-electron chi connectivity index (χ0n) is 14.5. The van der Waals surface area contributed by atoms with E-state index in [0.717, 1.165) is 10.6 Å². The third kappa shape index (κ3) is 5.25. The molecule has 0 aliphatic rings. The van der Waals surface area contributed by atoms with E-state index in [4.69, 9.17) is 11.1 Å². The van der Waals surface area contributed by atoms with E-state index in [9.17, 15) is 5.11 Å². The molecule has 1 radical (unpaired) electrons. The molecule has 0 saturated heterocycles. The third-order valence-corrected chi connectivity index (χ3v) is 3.45. The highest BCUT2D eigenvalue weighted by molar-refractivity contribution is 6.55. The highest BCUT2D eigenvalue weighted by atomic mass is 16.5. The Morgan fingerprint density at radius 1 is 1.41 bits per heavy atom. The van der Waals surface area contributed by atoms with Crippen LogP contribution in [0.3, 0.4) is 0 Å². The van der Waals surface area contributed by atoms with Crippen LogP contribution in [-0.4, -0.2) is 28.8 Å². The van der Waals surface area contributed by atoms with Gasteiger partial charge in [-0.1, -0.05) is 32.4 Å². The smallest absolute Gasteiger partial charge is 0.340 e. The fourth-order valence-corrected chi connectivity index (χ4v) is 1.40. The van der Waals surface area contributed by atoms with Gasteiger partial charge in [0.1, 0.15) is 0 Å². The van der Waals surface area contributed by atoms with Gasteiger partial charge in [0.2, 0.25) is 0 Å². The molecule has 0 atom stereocenters. The molecule has 0 aliphatic heterocycles. The summed E-state index contributed by atoms with van der Waals surface area (Å²) in [4.78, 5) is 3.08. The van der Waals surface area contributed by atoms with E-state index in [-0.39, 0.29) is 0 Å². The van der Waals surface area contributed by atoms with Gasteiger partial charge in [0.25, 0.3) is 0 Å². The number of aromatic amines is 1. The van der Waals surface area contributed by atoms with Gasteiger partial charge in [-0.3, -0.25) is 0 Å². The lowest BCUT2D eigenvalue weighted by molar-refractivity contribution is -0.0892. The van der Waals surface area contributed by atoms with E-state index >= 15 is 0 Å². The molecule has 1 rings (SSSR count). The molecule has 2 N–H and O–H groups in total. The van der Waals surface area contributed by atoms with Crippen LogP contribution < -0.4 is 10.6 Å². The Labute approximate surface area is 135 Å². The number of aliphatic hydroxyl groups is 1. The van der Waals surface area contributed by atoms with Gasteiger partial charge in [0.05, 0.1) is 11.2 Å². The maximum atomic E-state index is 10.1. The number of hydrogen-bond donors (Lipinski definition) is 2. The predicted molar refractivity (Wildman–Crippen MR) is 95.5 cm³/mol. The van der Waals surface area contributed by atoms with Crippen molar-refractivity contribution in [3.63, 3.8) is 0 Å². The average Bonchev–Trinajstić information content (AvgIpc) is 2.89. The first-order valence-electron chi connectivity index (χ1n) is 7.43. The van der Waals surface area contributed by atoms with Crippen LogP contribution in [-0.2, 0) is 4.65 Å². The van der Waals surface area contributed by atoms with E-state index in [0.29, 0.717) is 5.47 Å². The molecule has 0 spiro atoms. The first kappa shape index (κ1) is 20.3. The molecule has 0 amide bonds. The van der Waals surface area contributed by atoms with Gasteiger partial charge in [-0.25, -0.2) is 0 Å². The van der Waals surface area contributed by atoms with E-state index < -0.39 is 11.2 Å². The molecule has 0 fully saturated rings. The fraction of sp³-hybridized carbons (Fsp3) is 0.444. The second-order valence-corrected chi connectivity index (χ2v) is 5.57. The van der Waals surface area contributed by atoms with Gasteiger partial charge in [0.15, 0.2) is 0 Å². The first-order valence-corrected chi connectivity index (χ1v) is 7.43. The minimum Gasteiger partial charge on any atom is -0.426 e. The summed E-state index contributed by atoms with van der Waals surface area (Å²) in [5, 5.41) is 11.8. The molecule has 3 nitrogen and oxygen atoms in total. The van der Waals surface area contributed by atoms with Gasteiger partial charge in [-0.05, 0) is 39.8 Å². The molecule has 0 aromatic carbocycles. The van der Waals surface area contributed by atoms with Crippen LogP contribution >= 0.6 is 0 Å². The maximum Gasteiger partial charge on any atom is 0.340 e. The van der Waals surface area contributed by atoms with Gasteiger partial charge < -0.3 is 14.7 Å². The molecular formula is C18H27BNO2. The number of rotatable bonds is 5. The second kappa shape index (κ2) is 8.68. The predicted octanol–water partition coefficient (Wildman–Crippen LogP) is 1.93. The summed E-state index contributed by atoms with van der Waals surface area (Å²) in [7, 11) is 1.52. The molecule has 0 bridgehead atoms. The van der Waals surface area contributed by atoms with Crippen LogP contribution in [0.15, 0.2) is 24.9 Å². The molecule has 1 aromatic rings. The monoisotopic (exact) mass is 300 g/mol. The number of allylic oxidation sites excluding steroid dienone is 1. The maximum absolute atomic E-state index is 10.1. The summed E-state index contributed by atoms with van der Waals surface area (Å²) in [6, 6.07) is 1.88. The summed E-state index contributed by atoms with van der Waals surface area (Å²) in [5.41, 5.74) is -1.14. The highest BCUT2D eigenvalue weighted by Crippen LogP contribution is 2.24. The van der Waals surface area contributed by atoms with Gasteiger partial charge >= 0.3 is 7.48 Å². The number of terminal acetylenes is 1. The van der Waals surface area contributed by atoms with Crippen molar-refractivity contribution in [3.8, 4) is 12.3 Å². The highest BCUT2D eigenvalue weighted by Gasteiger charge is 2.35. The molecular weight excluding hydrogens is 273 g/mol. The Hall–Kier alpha value is -1.70. The van der Waals surface area contributed by atoms with Crippen molar-refractivity contribution in [1.82, 2.24) is 4.98 Å². The average molecular weight is 300 g/mol. The van der Waals surface area contributed by atoms with Crippen LogP contribution in [0.25, 0.3) is 11.5 Å². The minimum atomic E-state index is -0.989. The summed E-state index contributed by atoms with van der Waals surface area (Å²) in [5.74, 6) is 2.61. The molecule has 0 unspecified atom stereocenters. The summed E-state index contributed by atoms with van der Waals surface area (Å²) in [6.45, 7) is 14.7. The van der Waals surface area contributed by atoms with Crippen molar-refractivity contribution < 1.29 is 9.76 Å². The molecule has 119 valence electrons. The van der Waals surface area contributed by atoms with Crippen molar-refractivity contribution in [2.24, 2.45) is 0 Å². The lowest BCUT2D eigenvalue weighted by atomic mass is 9.81. The normalized spacial score (nSPS) is 13.6. The Morgan fingerprint density at radius 2 is 2.00 bits per heavy atom. The summed E-state index contributed by atoms with van der Waals surface area (Å²) in [6.07, 6.45) is 10.9. The van der Waals surface area contributed by atoms with E-state index in [2.05, 4.69) is 17.5 Å². The quantitative estimate of drug-likeness (QED) is 0.645. The number of nitrogens with one attached hydrogen (secondary N) is 1. The lowest BCUT2D eigenvalue weighted by Crippen LogP contribution is -2.48. The molecule has 1 heterocycles. The molecule has 22 heavy (non-hydrogen) atoms. The largest absolute Gasteiger partial charge is 0.426 e. The molecule has 0 aliphatic carbocycles. The van der Waals surface area contributed by atoms with Gasteiger partial charge in [-0.2, -0.15) is 0 Å². The number of hydrogen-bond acceptors (Lipinski definition) is 2. The van der Waals surface area contributed by atoms with Crippen molar-refractivity contribution in [3.05, 3.63) is 35.5 Å². The third-order valence-electron chi connectivity index (χ3n) is 3.45. The van der Waals surface area contributed by atoms with Gasteiger partial charge in [0, 0.05) is 22.2 Å². The van der Waals surface area contributed by atoms with Crippen molar-refractivity contribution in [2.75, 3.05) is 0 Å². The first-order chi connectivity index (χ1) is 10.2. The standard InChI is InChI=1S/C16H21BNO2.C2H6/c1-7-9-14-12(10-11-18-14)13(8-2)17-20-16(5,6)15(3,4)19;1-2/h2,7,9-11,18-19H,1H2,3-6H3;1-2H3/b13-12+,14-9+;. The zero-order valence-corrected chi connectivity index (χ0v) is 14.5. The lowest BCUT2D eigenvalue weighted by Gasteiger charge is -2.37. The Kier molecular flexibility index (Phi) is 8.01. The fourth-order valence-electron chi connectivity index (χ4n) is 1.40. The van der Waals surface area contributed by atoms with E-state index in [1.807, 2.05) is 39.8 Å².